The maximum Gasteiger partial charge on any atom is 0.236 e. The molecule has 1 aromatic rings. The Labute approximate surface area is 93.4 Å². The summed E-state index contributed by atoms with van der Waals surface area (Å²) in [4.78, 5) is 10.6. The highest BCUT2D eigenvalue weighted by Gasteiger charge is 2.07. The third-order valence-electron chi connectivity index (χ3n) is 2.10. The first-order chi connectivity index (χ1) is 7.56. The maximum atomic E-state index is 10.6. The lowest BCUT2D eigenvalue weighted by atomic mass is 10.0. The van der Waals surface area contributed by atoms with Crippen LogP contribution >= 0.6 is 0 Å². The van der Waals surface area contributed by atoms with Crippen LogP contribution < -0.4 is 5.43 Å². The van der Waals surface area contributed by atoms with Gasteiger partial charge in [0.2, 0.25) is 5.91 Å². The summed E-state index contributed by atoms with van der Waals surface area (Å²) >= 11 is 0. The Balaban J connectivity index is 3.05. The molecule has 0 fully saturated rings. The van der Waals surface area contributed by atoms with Crippen LogP contribution in [-0.4, -0.2) is 22.3 Å². The normalized spacial score (nSPS) is 10.7. The van der Waals surface area contributed by atoms with Gasteiger partial charge in [0.25, 0.3) is 0 Å². The minimum absolute atomic E-state index is 0.0562. The summed E-state index contributed by atoms with van der Waals surface area (Å²) in [5.74, 6) is -0.241. The van der Waals surface area contributed by atoms with Gasteiger partial charge in [-0.1, -0.05) is 12.1 Å². The number of nitrogens with zero attached hydrogens (tertiary/aromatic N) is 1. The highest BCUT2D eigenvalue weighted by Crippen LogP contribution is 2.23. The van der Waals surface area contributed by atoms with Gasteiger partial charge in [-0.15, -0.1) is 0 Å². The topological polar surface area (TPSA) is 81.9 Å². The Kier molecular flexibility index (Phi) is 4.02. The lowest BCUT2D eigenvalue weighted by Crippen LogP contribution is -2.12. The molecule has 0 aliphatic heterocycles. The summed E-state index contributed by atoms with van der Waals surface area (Å²) in [5.41, 5.74) is 3.88. The van der Waals surface area contributed by atoms with Crippen molar-refractivity contribution in [1.29, 1.82) is 0 Å². The SMILES string of the molecule is CC(=O)NN=Cc1c(CO)ccc(C)c1O. The maximum absolute atomic E-state index is 10.6. The Morgan fingerprint density at radius 2 is 2.25 bits per heavy atom. The van der Waals surface area contributed by atoms with E-state index >= 15 is 0 Å². The van der Waals surface area contributed by atoms with Gasteiger partial charge in [0.15, 0.2) is 0 Å². The standard InChI is InChI=1S/C11H14N2O3/c1-7-3-4-9(6-14)10(11(7)16)5-12-13-8(2)15/h3-5,14,16H,6H2,1-2H3,(H,13,15). The van der Waals surface area contributed by atoms with Crippen LogP contribution in [0.15, 0.2) is 17.2 Å². The first-order valence-electron chi connectivity index (χ1n) is 4.78. The molecule has 0 aromatic heterocycles. The fourth-order valence-corrected chi connectivity index (χ4v) is 1.23. The average molecular weight is 222 g/mol. The summed E-state index contributed by atoms with van der Waals surface area (Å²) in [6.45, 7) is 2.88. The number of aryl methyl sites for hydroxylation is 1. The Bertz CT molecular complexity index is 427. The van der Waals surface area contributed by atoms with Crippen LogP contribution in [0.25, 0.3) is 0 Å². The third-order valence-corrected chi connectivity index (χ3v) is 2.10. The summed E-state index contributed by atoms with van der Waals surface area (Å²) in [5, 5.41) is 22.5. The second kappa shape index (κ2) is 5.27. The quantitative estimate of drug-likeness (QED) is 0.519. The number of phenols is 1. The first kappa shape index (κ1) is 12.2. The third kappa shape index (κ3) is 2.80. The van der Waals surface area contributed by atoms with E-state index in [1.54, 1.807) is 19.1 Å². The summed E-state index contributed by atoms with van der Waals surface area (Å²) < 4.78 is 0. The molecule has 86 valence electrons. The van der Waals surface area contributed by atoms with Crippen molar-refractivity contribution in [3.63, 3.8) is 0 Å². The smallest absolute Gasteiger partial charge is 0.236 e. The van der Waals surface area contributed by atoms with Gasteiger partial charge < -0.3 is 10.2 Å². The van der Waals surface area contributed by atoms with Crippen LogP contribution in [0.3, 0.4) is 0 Å². The number of hydrazone groups is 1. The fourth-order valence-electron chi connectivity index (χ4n) is 1.23. The molecule has 0 saturated carbocycles. The van der Waals surface area contributed by atoms with Crippen molar-refractivity contribution in [2.45, 2.75) is 20.5 Å². The van der Waals surface area contributed by atoms with Crippen LogP contribution in [0.2, 0.25) is 0 Å². The summed E-state index contributed by atoms with van der Waals surface area (Å²) in [7, 11) is 0. The van der Waals surface area contributed by atoms with Crippen molar-refractivity contribution in [3.8, 4) is 5.75 Å². The number of amides is 1. The van der Waals surface area contributed by atoms with Gasteiger partial charge >= 0.3 is 0 Å². The van der Waals surface area contributed by atoms with E-state index in [0.29, 0.717) is 16.7 Å². The van der Waals surface area contributed by atoms with Gasteiger partial charge in [-0.2, -0.15) is 5.10 Å². The number of benzene rings is 1. The number of aliphatic hydroxyl groups excluding tert-OH is 1. The molecule has 0 aliphatic carbocycles. The lowest BCUT2D eigenvalue weighted by Gasteiger charge is -2.07. The molecule has 16 heavy (non-hydrogen) atoms. The number of rotatable bonds is 3. The monoisotopic (exact) mass is 222 g/mol. The molecule has 3 N–H and O–H groups in total. The van der Waals surface area contributed by atoms with Gasteiger partial charge in [-0.3, -0.25) is 4.79 Å². The first-order valence-corrected chi connectivity index (χ1v) is 4.78. The molecule has 0 unspecified atom stereocenters. The van der Waals surface area contributed by atoms with Crippen molar-refractivity contribution in [1.82, 2.24) is 5.43 Å². The number of hydrogen-bond donors (Lipinski definition) is 3. The van der Waals surface area contributed by atoms with Crippen LogP contribution in [0, 0.1) is 6.92 Å². The summed E-state index contributed by atoms with van der Waals surface area (Å²) in [6.07, 6.45) is 1.31. The molecule has 0 aliphatic rings. The zero-order chi connectivity index (χ0) is 12.1. The molecule has 1 amide bonds. The number of aliphatic hydroxyl groups is 1. The van der Waals surface area contributed by atoms with Crippen molar-refractivity contribution < 1.29 is 15.0 Å². The van der Waals surface area contributed by atoms with E-state index in [-0.39, 0.29) is 18.3 Å². The van der Waals surface area contributed by atoms with Gasteiger partial charge in [-0.25, -0.2) is 5.43 Å². The molecule has 0 spiro atoms. The van der Waals surface area contributed by atoms with Gasteiger partial charge in [0.05, 0.1) is 12.8 Å². The summed E-state index contributed by atoms with van der Waals surface area (Å²) in [6, 6.07) is 3.40. The molecule has 1 rings (SSSR count). The minimum atomic E-state index is -0.297. The zero-order valence-corrected chi connectivity index (χ0v) is 9.19. The molecule has 5 heteroatoms. The van der Waals surface area contributed by atoms with E-state index in [1.165, 1.54) is 13.1 Å². The van der Waals surface area contributed by atoms with Gasteiger partial charge in [0.1, 0.15) is 5.75 Å². The van der Waals surface area contributed by atoms with Crippen LogP contribution in [0.1, 0.15) is 23.6 Å². The van der Waals surface area contributed by atoms with Gasteiger partial charge in [0, 0.05) is 12.5 Å². The molecular formula is C11H14N2O3. The minimum Gasteiger partial charge on any atom is -0.507 e. The number of hydrogen-bond acceptors (Lipinski definition) is 4. The average Bonchev–Trinajstić information content (AvgIpc) is 2.24. The van der Waals surface area contributed by atoms with Crippen molar-refractivity contribution in [2.75, 3.05) is 0 Å². The van der Waals surface area contributed by atoms with Crippen molar-refractivity contribution in [2.24, 2.45) is 5.10 Å². The number of carbonyl (C=O) groups is 1. The largest absolute Gasteiger partial charge is 0.507 e. The Hall–Kier alpha value is -1.88. The molecule has 0 heterocycles. The van der Waals surface area contributed by atoms with E-state index in [0.717, 1.165) is 0 Å². The lowest BCUT2D eigenvalue weighted by molar-refractivity contribution is -0.118. The van der Waals surface area contributed by atoms with Gasteiger partial charge in [-0.05, 0) is 18.1 Å². The van der Waals surface area contributed by atoms with E-state index in [9.17, 15) is 9.90 Å². The number of carbonyl (C=O) groups excluding carboxylic acids is 1. The van der Waals surface area contributed by atoms with Crippen LogP contribution in [-0.2, 0) is 11.4 Å². The molecule has 0 saturated heterocycles. The van der Waals surface area contributed by atoms with E-state index in [2.05, 4.69) is 10.5 Å². The Morgan fingerprint density at radius 3 is 2.81 bits per heavy atom. The number of nitrogens with one attached hydrogen (secondary N) is 1. The molecule has 0 atom stereocenters. The second-order valence-corrected chi connectivity index (χ2v) is 3.39. The van der Waals surface area contributed by atoms with E-state index in [4.69, 9.17) is 5.11 Å². The second-order valence-electron chi connectivity index (χ2n) is 3.39. The van der Waals surface area contributed by atoms with Crippen molar-refractivity contribution >= 4 is 12.1 Å². The predicted molar refractivity (Wildman–Crippen MR) is 60.2 cm³/mol. The van der Waals surface area contributed by atoms with E-state index in [1.807, 2.05) is 0 Å². The number of phenolic OH excluding ortho intramolecular Hbond substituents is 1. The zero-order valence-electron chi connectivity index (χ0n) is 9.19. The molecule has 1 aromatic carbocycles. The Morgan fingerprint density at radius 1 is 1.56 bits per heavy atom. The highest BCUT2D eigenvalue weighted by atomic mass is 16.3. The highest BCUT2D eigenvalue weighted by molar-refractivity contribution is 5.87. The fraction of sp³-hybridized carbons (Fsp3) is 0.273. The molecule has 5 nitrogen and oxygen atoms in total. The predicted octanol–water partition coefficient (Wildman–Crippen LogP) is 0.663. The molecular weight excluding hydrogens is 208 g/mol. The van der Waals surface area contributed by atoms with Crippen LogP contribution in [0.5, 0.6) is 5.75 Å². The molecule has 0 radical (unpaired) electrons. The number of aromatic hydroxyl groups is 1. The van der Waals surface area contributed by atoms with Crippen molar-refractivity contribution in [3.05, 3.63) is 28.8 Å². The molecule has 0 bridgehead atoms. The van der Waals surface area contributed by atoms with E-state index < -0.39 is 0 Å². The van der Waals surface area contributed by atoms with Crippen LogP contribution in [0.4, 0.5) is 0 Å².